The lowest BCUT2D eigenvalue weighted by molar-refractivity contribution is -0.129. The normalized spacial score (nSPS) is 28.8. The molecule has 3 fully saturated rings. The molecule has 30 heavy (non-hydrogen) atoms. The van der Waals surface area contributed by atoms with E-state index in [1.165, 1.54) is 4.90 Å². The van der Waals surface area contributed by atoms with E-state index in [0.29, 0.717) is 24.4 Å². The molecule has 3 N–H and O–H groups in total. The number of Topliss-reactive ketones (excluding diaryl/α,β-unsaturated/α-hetero) is 1. The SMILES string of the molecule is O=C(CNC(=O)[C@@H]1CC[C@@H]2CN1C(=O)N2OS(=O)(=O)O)[C@@H]1C[C@H](n2ccnn2)CN1. The molecular formula is C15H21N7O7S. The molecule has 0 aromatic carbocycles. The van der Waals surface area contributed by atoms with Crippen molar-refractivity contribution < 1.29 is 31.6 Å². The lowest BCUT2D eigenvalue weighted by atomic mass is 10.00. The minimum absolute atomic E-state index is 0.00318. The van der Waals surface area contributed by atoms with E-state index < -0.39 is 40.5 Å². The number of urea groups is 1. The molecule has 14 nitrogen and oxygen atoms in total. The number of amides is 3. The van der Waals surface area contributed by atoms with E-state index in [-0.39, 0.29) is 31.3 Å². The average molecular weight is 443 g/mol. The third-order valence-electron chi connectivity index (χ3n) is 5.55. The Balaban J connectivity index is 1.29. The molecule has 1 aromatic rings. The Morgan fingerprint density at radius 2 is 2.13 bits per heavy atom. The van der Waals surface area contributed by atoms with Crippen LogP contribution in [0.4, 0.5) is 4.79 Å². The van der Waals surface area contributed by atoms with E-state index in [0.717, 1.165) is 0 Å². The number of carbonyl (C=O) groups excluding carboxylic acids is 3. The van der Waals surface area contributed by atoms with E-state index in [1.54, 1.807) is 17.1 Å². The molecular weight excluding hydrogens is 422 g/mol. The van der Waals surface area contributed by atoms with Gasteiger partial charge in [-0.3, -0.25) is 14.1 Å². The first-order valence-corrected chi connectivity index (χ1v) is 10.8. The van der Waals surface area contributed by atoms with Gasteiger partial charge in [-0.1, -0.05) is 5.21 Å². The van der Waals surface area contributed by atoms with Gasteiger partial charge in [-0.05, 0) is 19.3 Å². The van der Waals surface area contributed by atoms with Gasteiger partial charge in [0.1, 0.15) is 6.04 Å². The van der Waals surface area contributed by atoms with Gasteiger partial charge < -0.3 is 15.5 Å². The zero-order chi connectivity index (χ0) is 21.5. The van der Waals surface area contributed by atoms with E-state index >= 15 is 0 Å². The second kappa shape index (κ2) is 7.90. The quantitative estimate of drug-likeness (QED) is 0.395. The maximum absolute atomic E-state index is 12.6. The second-order valence-electron chi connectivity index (χ2n) is 7.43. The van der Waals surface area contributed by atoms with Gasteiger partial charge in [0.25, 0.3) is 0 Å². The smallest absolute Gasteiger partial charge is 0.347 e. The predicted molar refractivity (Wildman–Crippen MR) is 96.9 cm³/mol. The zero-order valence-electron chi connectivity index (χ0n) is 15.7. The molecule has 1 aromatic heterocycles. The monoisotopic (exact) mass is 443 g/mol. The summed E-state index contributed by atoms with van der Waals surface area (Å²) in [5.41, 5.74) is 0. The number of ketones is 1. The Bertz CT molecular complexity index is 937. The van der Waals surface area contributed by atoms with Crippen LogP contribution >= 0.6 is 0 Å². The number of hydrogen-bond donors (Lipinski definition) is 3. The van der Waals surface area contributed by atoms with E-state index in [9.17, 15) is 22.8 Å². The lowest BCUT2D eigenvalue weighted by Gasteiger charge is -2.29. The second-order valence-corrected chi connectivity index (χ2v) is 8.43. The molecule has 3 aliphatic heterocycles. The highest BCUT2D eigenvalue weighted by Crippen LogP contribution is 2.30. The molecule has 4 heterocycles. The van der Waals surface area contributed by atoms with Crippen molar-refractivity contribution in [2.75, 3.05) is 19.6 Å². The third-order valence-corrected chi connectivity index (χ3v) is 5.90. The molecule has 0 spiro atoms. The summed E-state index contributed by atoms with van der Waals surface area (Å²) in [4.78, 5) is 38.6. The van der Waals surface area contributed by atoms with Crippen molar-refractivity contribution >= 4 is 28.1 Å². The minimum atomic E-state index is -4.85. The van der Waals surface area contributed by atoms with Crippen molar-refractivity contribution in [3.8, 4) is 0 Å². The Morgan fingerprint density at radius 3 is 2.83 bits per heavy atom. The highest BCUT2D eigenvalue weighted by atomic mass is 32.3. The summed E-state index contributed by atoms with van der Waals surface area (Å²) >= 11 is 0. The highest BCUT2D eigenvalue weighted by Gasteiger charge is 2.49. The summed E-state index contributed by atoms with van der Waals surface area (Å²) in [7, 11) is -4.85. The van der Waals surface area contributed by atoms with E-state index in [1.807, 2.05) is 0 Å². The number of hydrogen-bond acceptors (Lipinski definition) is 9. The number of carbonyl (C=O) groups is 3. The molecule has 4 rings (SSSR count). The van der Waals surface area contributed by atoms with Gasteiger partial charge in [-0.2, -0.15) is 13.5 Å². The Kier molecular flexibility index (Phi) is 5.44. The van der Waals surface area contributed by atoms with Gasteiger partial charge >= 0.3 is 16.4 Å². The molecule has 164 valence electrons. The van der Waals surface area contributed by atoms with Gasteiger partial charge in [-0.25, -0.2) is 9.48 Å². The van der Waals surface area contributed by atoms with Crippen molar-refractivity contribution in [2.45, 2.75) is 43.4 Å². The van der Waals surface area contributed by atoms with Crippen LogP contribution in [-0.4, -0.2) is 93.4 Å². The molecule has 2 bridgehead atoms. The average Bonchev–Trinajstić information content (AvgIpc) is 3.43. The Morgan fingerprint density at radius 1 is 1.33 bits per heavy atom. The molecule has 4 atom stereocenters. The molecule has 3 aliphatic rings. The van der Waals surface area contributed by atoms with Gasteiger partial charge in [0.05, 0.1) is 30.9 Å². The van der Waals surface area contributed by atoms with Crippen LogP contribution < -0.4 is 10.6 Å². The number of hydroxylamine groups is 2. The topological polar surface area (TPSA) is 176 Å². The predicted octanol–water partition coefficient (Wildman–Crippen LogP) is -2.13. The van der Waals surface area contributed by atoms with Gasteiger partial charge in [-0.15, -0.1) is 9.38 Å². The first-order chi connectivity index (χ1) is 14.2. The standard InChI is InChI=1S/C15H21N7O7S/c23-13(11-5-10(6-16-11)21-4-3-18-19-21)7-17-14(24)12-2-1-9-8-20(12)15(25)22(9)29-30(26,27)28/h3-4,9-12,16H,1-2,5-8H2,(H,17,24)(H,26,27,28)/t9-,10+,11+,12+/m1/s1. The van der Waals surface area contributed by atoms with Crippen LogP contribution in [0.2, 0.25) is 0 Å². The maximum Gasteiger partial charge on any atom is 0.418 e. The molecule has 0 unspecified atom stereocenters. The Labute approximate surface area is 171 Å². The van der Waals surface area contributed by atoms with Crippen molar-refractivity contribution in [3.05, 3.63) is 12.4 Å². The third kappa shape index (κ3) is 4.14. The number of rotatable bonds is 7. The first-order valence-electron chi connectivity index (χ1n) is 9.39. The highest BCUT2D eigenvalue weighted by molar-refractivity contribution is 7.80. The minimum Gasteiger partial charge on any atom is -0.347 e. The fourth-order valence-electron chi connectivity index (χ4n) is 4.10. The molecule has 3 saturated heterocycles. The van der Waals surface area contributed by atoms with Gasteiger partial charge in [0, 0.05) is 19.3 Å². The van der Waals surface area contributed by atoms with Crippen molar-refractivity contribution in [1.82, 2.24) is 35.6 Å². The fourth-order valence-corrected chi connectivity index (χ4v) is 4.48. The summed E-state index contributed by atoms with van der Waals surface area (Å²) < 4.78 is 36.7. The number of aromatic nitrogens is 3. The largest absolute Gasteiger partial charge is 0.418 e. The van der Waals surface area contributed by atoms with E-state index in [4.69, 9.17) is 4.55 Å². The maximum atomic E-state index is 12.6. The number of fused-ring (bicyclic) bond motifs is 2. The van der Waals surface area contributed by atoms with Crippen LogP contribution in [0.25, 0.3) is 0 Å². The molecule has 0 aliphatic carbocycles. The summed E-state index contributed by atoms with van der Waals surface area (Å²) in [6, 6.07) is -2.68. The van der Waals surface area contributed by atoms with Crippen LogP contribution in [0.5, 0.6) is 0 Å². The molecule has 0 radical (unpaired) electrons. The van der Waals surface area contributed by atoms with Crippen molar-refractivity contribution in [2.24, 2.45) is 0 Å². The van der Waals surface area contributed by atoms with Crippen LogP contribution in [-0.2, 0) is 24.3 Å². The van der Waals surface area contributed by atoms with Crippen LogP contribution in [0.15, 0.2) is 12.4 Å². The Hall–Kier alpha value is -2.62. The number of piperidine rings is 1. The summed E-state index contributed by atoms with van der Waals surface area (Å²) in [6.45, 7) is 0.446. The number of nitrogens with one attached hydrogen (secondary N) is 2. The number of nitrogens with zero attached hydrogens (tertiary/aromatic N) is 5. The lowest BCUT2D eigenvalue weighted by Crippen LogP contribution is -2.51. The van der Waals surface area contributed by atoms with Crippen LogP contribution in [0.1, 0.15) is 25.3 Å². The van der Waals surface area contributed by atoms with Gasteiger partial charge in [0.15, 0.2) is 5.78 Å². The summed E-state index contributed by atoms with van der Waals surface area (Å²) in [6.07, 6.45) is 4.40. The van der Waals surface area contributed by atoms with Crippen LogP contribution in [0, 0.1) is 0 Å². The van der Waals surface area contributed by atoms with Gasteiger partial charge in [0.2, 0.25) is 5.91 Å². The summed E-state index contributed by atoms with van der Waals surface area (Å²) in [5, 5.41) is 13.9. The van der Waals surface area contributed by atoms with Crippen molar-refractivity contribution in [1.29, 1.82) is 0 Å². The first kappa shape index (κ1) is 20.6. The zero-order valence-corrected chi connectivity index (χ0v) is 16.6. The fraction of sp³-hybridized carbons (Fsp3) is 0.667. The molecule has 15 heteroatoms. The molecule has 3 amide bonds. The molecule has 0 saturated carbocycles. The van der Waals surface area contributed by atoms with Crippen LogP contribution in [0.3, 0.4) is 0 Å². The summed E-state index contributed by atoms with van der Waals surface area (Å²) in [5.74, 6) is -0.696. The van der Waals surface area contributed by atoms with E-state index in [2.05, 4.69) is 25.2 Å². The van der Waals surface area contributed by atoms with Crippen molar-refractivity contribution in [3.63, 3.8) is 0 Å².